The highest BCUT2D eigenvalue weighted by atomic mass is 16.5. The van der Waals surface area contributed by atoms with Gasteiger partial charge in [0.25, 0.3) is 0 Å². The Morgan fingerprint density at radius 1 is 1.44 bits per heavy atom. The molecule has 0 aliphatic carbocycles. The maximum Gasteiger partial charge on any atom is 0.411 e. The van der Waals surface area contributed by atoms with E-state index in [2.05, 4.69) is 0 Å². The number of benzene rings is 1. The molecule has 88 valence electrons. The van der Waals surface area contributed by atoms with Crippen LogP contribution < -0.4 is 9.64 Å². The van der Waals surface area contributed by atoms with E-state index in [4.69, 9.17) is 9.84 Å². The van der Waals surface area contributed by atoms with Gasteiger partial charge in [-0.25, -0.2) is 4.79 Å². The van der Waals surface area contributed by atoms with E-state index in [1.165, 1.54) is 7.05 Å². The van der Waals surface area contributed by atoms with Crippen LogP contribution in [0, 0.1) is 5.92 Å². The van der Waals surface area contributed by atoms with Crippen LogP contribution >= 0.6 is 0 Å². The van der Waals surface area contributed by atoms with E-state index in [9.17, 15) is 4.79 Å². The van der Waals surface area contributed by atoms with Gasteiger partial charge < -0.3 is 9.84 Å². The number of para-hydroxylation sites is 2. The first-order valence-corrected chi connectivity index (χ1v) is 5.21. The highest BCUT2D eigenvalue weighted by Crippen LogP contribution is 2.27. The molecular weight excluding hydrogens is 206 g/mol. The zero-order valence-electron chi connectivity index (χ0n) is 9.80. The average molecular weight is 223 g/mol. The fourth-order valence-corrected chi connectivity index (χ4v) is 1.22. The maximum atomic E-state index is 10.9. The number of carboxylic acid groups (broad SMARTS) is 1. The molecule has 0 radical (unpaired) electrons. The summed E-state index contributed by atoms with van der Waals surface area (Å²) in [4.78, 5) is 12.0. The molecule has 0 saturated carbocycles. The second-order valence-corrected chi connectivity index (χ2v) is 4.01. The van der Waals surface area contributed by atoms with Crippen molar-refractivity contribution in [3.8, 4) is 5.75 Å². The quantitative estimate of drug-likeness (QED) is 0.853. The third-order valence-electron chi connectivity index (χ3n) is 2.09. The van der Waals surface area contributed by atoms with E-state index in [-0.39, 0.29) is 0 Å². The first kappa shape index (κ1) is 12.4. The lowest BCUT2D eigenvalue weighted by Gasteiger charge is -2.18. The predicted molar refractivity (Wildman–Crippen MR) is 63.2 cm³/mol. The molecule has 4 nitrogen and oxygen atoms in total. The molecule has 0 fully saturated rings. The Morgan fingerprint density at radius 3 is 2.62 bits per heavy atom. The minimum Gasteiger partial charge on any atom is -0.491 e. The van der Waals surface area contributed by atoms with E-state index < -0.39 is 6.09 Å². The lowest BCUT2D eigenvalue weighted by molar-refractivity contribution is 0.203. The fraction of sp³-hybridized carbons (Fsp3) is 0.417. The normalized spacial score (nSPS) is 10.2. The van der Waals surface area contributed by atoms with Gasteiger partial charge in [0.1, 0.15) is 5.75 Å². The summed E-state index contributed by atoms with van der Waals surface area (Å²) in [5.41, 5.74) is 0.565. The Hall–Kier alpha value is -1.71. The molecule has 0 atom stereocenters. The zero-order chi connectivity index (χ0) is 12.1. The Bertz CT molecular complexity index is 363. The molecular formula is C12H17NO3. The van der Waals surface area contributed by atoms with Crippen LogP contribution in [-0.4, -0.2) is 24.9 Å². The number of rotatable bonds is 4. The third-order valence-corrected chi connectivity index (χ3v) is 2.09. The summed E-state index contributed by atoms with van der Waals surface area (Å²) >= 11 is 0. The van der Waals surface area contributed by atoms with E-state index in [0.717, 1.165) is 4.90 Å². The summed E-state index contributed by atoms with van der Waals surface area (Å²) in [5, 5.41) is 8.91. The van der Waals surface area contributed by atoms with Gasteiger partial charge in [0.15, 0.2) is 0 Å². The van der Waals surface area contributed by atoms with E-state index >= 15 is 0 Å². The monoisotopic (exact) mass is 223 g/mol. The van der Waals surface area contributed by atoms with Crippen molar-refractivity contribution in [3.05, 3.63) is 24.3 Å². The predicted octanol–water partition coefficient (Wildman–Crippen LogP) is 2.84. The van der Waals surface area contributed by atoms with Gasteiger partial charge in [0.05, 0.1) is 12.3 Å². The van der Waals surface area contributed by atoms with Gasteiger partial charge in [0, 0.05) is 7.05 Å². The molecule has 4 heteroatoms. The van der Waals surface area contributed by atoms with E-state index in [1.807, 2.05) is 19.9 Å². The van der Waals surface area contributed by atoms with Crippen molar-refractivity contribution in [2.75, 3.05) is 18.6 Å². The van der Waals surface area contributed by atoms with Gasteiger partial charge in [-0.15, -0.1) is 0 Å². The largest absolute Gasteiger partial charge is 0.491 e. The van der Waals surface area contributed by atoms with Crippen LogP contribution in [-0.2, 0) is 0 Å². The second kappa shape index (κ2) is 5.39. The molecule has 1 aromatic carbocycles. The maximum absolute atomic E-state index is 10.9. The van der Waals surface area contributed by atoms with Gasteiger partial charge in [-0.1, -0.05) is 26.0 Å². The number of amides is 1. The van der Waals surface area contributed by atoms with Crippen LogP contribution in [0.4, 0.5) is 10.5 Å². The molecule has 1 aromatic rings. The Morgan fingerprint density at radius 2 is 2.06 bits per heavy atom. The number of nitrogens with zero attached hydrogens (tertiary/aromatic N) is 1. The van der Waals surface area contributed by atoms with Crippen molar-refractivity contribution >= 4 is 11.8 Å². The number of carbonyl (C=O) groups is 1. The number of ether oxygens (including phenoxy) is 1. The Labute approximate surface area is 95.5 Å². The lowest BCUT2D eigenvalue weighted by atomic mass is 10.2. The van der Waals surface area contributed by atoms with Gasteiger partial charge in [-0.3, -0.25) is 4.90 Å². The number of hydrogen-bond acceptors (Lipinski definition) is 2. The van der Waals surface area contributed by atoms with Gasteiger partial charge >= 0.3 is 6.09 Å². The van der Waals surface area contributed by atoms with Gasteiger partial charge in [-0.2, -0.15) is 0 Å². The lowest BCUT2D eigenvalue weighted by Crippen LogP contribution is -2.24. The SMILES string of the molecule is CC(C)COc1ccccc1N(C)C(=O)O. The van der Waals surface area contributed by atoms with E-state index in [1.54, 1.807) is 18.2 Å². The molecule has 0 aliphatic heterocycles. The zero-order valence-corrected chi connectivity index (χ0v) is 9.80. The standard InChI is InChI=1S/C12H17NO3/c1-9(2)8-16-11-7-5-4-6-10(11)13(3)12(14)15/h4-7,9H,8H2,1-3H3,(H,14,15). The minimum absolute atomic E-state index is 0.406. The van der Waals surface area contributed by atoms with Crippen molar-refractivity contribution in [1.29, 1.82) is 0 Å². The fourth-order valence-electron chi connectivity index (χ4n) is 1.22. The van der Waals surface area contributed by atoms with Crippen molar-refractivity contribution in [2.45, 2.75) is 13.8 Å². The number of anilines is 1. The first-order chi connectivity index (χ1) is 7.52. The Balaban J connectivity index is 2.87. The molecule has 1 rings (SSSR count). The number of hydrogen-bond donors (Lipinski definition) is 1. The van der Waals surface area contributed by atoms with Crippen molar-refractivity contribution in [2.24, 2.45) is 5.92 Å². The molecule has 0 aliphatic rings. The summed E-state index contributed by atoms with van der Waals surface area (Å²) in [5.74, 6) is 1.00. The summed E-state index contributed by atoms with van der Waals surface area (Å²) < 4.78 is 5.56. The minimum atomic E-state index is -0.999. The summed E-state index contributed by atoms with van der Waals surface area (Å²) in [6.45, 7) is 4.66. The van der Waals surface area contributed by atoms with Gasteiger partial charge in [0.2, 0.25) is 0 Å². The molecule has 0 heterocycles. The first-order valence-electron chi connectivity index (χ1n) is 5.21. The van der Waals surface area contributed by atoms with Crippen molar-refractivity contribution in [3.63, 3.8) is 0 Å². The van der Waals surface area contributed by atoms with Crippen LogP contribution in [0.1, 0.15) is 13.8 Å². The Kier molecular flexibility index (Phi) is 4.17. The molecule has 0 spiro atoms. The highest BCUT2D eigenvalue weighted by molar-refractivity contribution is 5.87. The third kappa shape index (κ3) is 3.15. The van der Waals surface area contributed by atoms with Gasteiger partial charge in [-0.05, 0) is 18.1 Å². The molecule has 1 amide bonds. The van der Waals surface area contributed by atoms with Crippen LogP contribution in [0.3, 0.4) is 0 Å². The van der Waals surface area contributed by atoms with Crippen molar-refractivity contribution in [1.82, 2.24) is 0 Å². The highest BCUT2D eigenvalue weighted by Gasteiger charge is 2.13. The smallest absolute Gasteiger partial charge is 0.411 e. The average Bonchev–Trinajstić information content (AvgIpc) is 2.25. The molecule has 1 N–H and O–H groups in total. The summed E-state index contributed by atoms with van der Waals surface area (Å²) in [6, 6.07) is 7.12. The van der Waals surface area contributed by atoms with Crippen LogP contribution in [0.2, 0.25) is 0 Å². The molecule has 0 bridgehead atoms. The molecule has 0 saturated heterocycles. The molecule has 0 unspecified atom stereocenters. The van der Waals surface area contributed by atoms with E-state index in [0.29, 0.717) is 24.0 Å². The van der Waals surface area contributed by atoms with Crippen LogP contribution in [0.15, 0.2) is 24.3 Å². The summed E-state index contributed by atoms with van der Waals surface area (Å²) in [7, 11) is 1.50. The summed E-state index contributed by atoms with van der Waals surface area (Å²) in [6.07, 6.45) is -0.999. The van der Waals surface area contributed by atoms with Crippen LogP contribution in [0.25, 0.3) is 0 Å². The van der Waals surface area contributed by atoms with Crippen LogP contribution in [0.5, 0.6) is 5.75 Å². The molecule has 0 aromatic heterocycles. The second-order valence-electron chi connectivity index (χ2n) is 4.01. The topological polar surface area (TPSA) is 49.8 Å². The van der Waals surface area contributed by atoms with Crippen molar-refractivity contribution < 1.29 is 14.6 Å². The molecule has 16 heavy (non-hydrogen) atoms.